The van der Waals surface area contributed by atoms with Crippen LogP contribution < -0.4 is 16.1 Å². The lowest BCUT2D eigenvalue weighted by Gasteiger charge is -2.31. The SMILES string of the molecule is CC(C)[C@@H]1CCCN1c1c(C#N)c(=O)n(C)c(=O)n1C. The Morgan fingerprint density at radius 3 is 2.45 bits per heavy atom. The van der Waals surface area contributed by atoms with E-state index in [4.69, 9.17) is 0 Å². The molecule has 2 rings (SSSR count). The van der Waals surface area contributed by atoms with Gasteiger partial charge in [-0.25, -0.2) is 4.79 Å². The number of hydrogen-bond acceptors (Lipinski definition) is 4. The molecule has 6 heteroatoms. The summed E-state index contributed by atoms with van der Waals surface area (Å²) in [5.74, 6) is 0.875. The van der Waals surface area contributed by atoms with Crippen LogP contribution in [0.4, 0.5) is 5.82 Å². The molecule has 108 valence electrons. The summed E-state index contributed by atoms with van der Waals surface area (Å²) in [6, 6.07) is 2.24. The maximum absolute atomic E-state index is 12.1. The molecule has 0 N–H and O–H groups in total. The van der Waals surface area contributed by atoms with Gasteiger partial charge in [-0.3, -0.25) is 13.9 Å². The summed E-state index contributed by atoms with van der Waals surface area (Å²) in [6.45, 7) is 5.01. The Labute approximate surface area is 117 Å². The summed E-state index contributed by atoms with van der Waals surface area (Å²) in [5.41, 5.74) is -0.847. The first-order chi connectivity index (χ1) is 9.40. The zero-order valence-electron chi connectivity index (χ0n) is 12.4. The first-order valence-electron chi connectivity index (χ1n) is 6.87. The highest BCUT2D eigenvalue weighted by Crippen LogP contribution is 2.29. The summed E-state index contributed by atoms with van der Waals surface area (Å²) in [7, 11) is 3.02. The van der Waals surface area contributed by atoms with Gasteiger partial charge >= 0.3 is 5.69 Å². The third-order valence-electron chi connectivity index (χ3n) is 4.09. The van der Waals surface area contributed by atoms with Crippen molar-refractivity contribution in [1.82, 2.24) is 9.13 Å². The summed E-state index contributed by atoms with van der Waals surface area (Å²) < 4.78 is 2.41. The highest BCUT2D eigenvalue weighted by molar-refractivity contribution is 5.55. The second-order valence-electron chi connectivity index (χ2n) is 5.66. The van der Waals surface area contributed by atoms with Crippen molar-refractivity contribution >= 4 is 5.82 Å². The van der Waals surface area contributed by atoms with Crippen molar-refractivity contribution < 1.29 is 0 Å². The van der Waals surface area contributed by atoms with Crippen LogP contribution in [0.2, 0.25) is 0 Å². The minimum Gasteiger partial charge on any atom is -0.353 e. The molecule has 0 unspecified atom stereocenters. The maximum Gasteiger partial charge on any atom is 0.332 e. The van der Waals surface area contributed by atoms with E-state index < -0.39 is 11.2 Å². The zero-order valence-corrected chi connectivity index (χ0v) is 12.4. The molecule has 0 aliphatic carbocycles. The average molecular weight is 276 g/mol. The molecule has 1 aliphatic rings. The van der Waals surface area contributed by atoms with Gasteiger partial charge in [-0.05, 0) is 18.8 Å². The number of hydrogen-bond donors (Lipinski definition) is 0. The minimum atomic E-state index is -0.514. The summed E-state index contributed by atoms with van der Waals surface area (Å²) in [6.07, 6.45) is 2.03. The number of rotatable bonds is 2. The van der Waals surface area contributed by atoms with Gasteiger partial charge in [0.05, 0.1) is 0 Å². The Balaban J connectivity index is 2.72. The standard InChI is InChI=1S/C14H20N4O2/c1-9(2)11-6-5-7-18(11)12-10(8-15)13(19)17(4)14(20)16(12)3/h9,11H,5-7H2,1-4H3/t11-/m0/s1. The van der Waals surface area contributed by atoms with E-state index in [1.54, 1.807) is 7.05 Å². The summed E-state index contributed by atoms with van der Waals surface area (Å²) >= 11 is 0. The molecule has 0 amide bonds. The smallest absolute Gasteiger partial charge is 0.332 e. The van der Waals surface area contributed by atoms with Crippen LogP contribution in [-0.2, 0) is 14.1 Å². The van der Waals surface area contributed by atoms with Crippen molar-refractivity contribution in [3.05, 3.63) is 26.4 Å². The van der Waals surface area contributed by atoms with E-state index in [2.05, 4.69) is 13.8 Å². The van der Waals surface area contributed by atoms with Crippen LogP contribution in [0.3, 0.4) is 0 Å². The van der Waals surface area contributed by atoms with Gasteiger partial charge in [0.15, 0.2) is 5.56 Å². The molecular formula is C14H20N4O2. The van der Waals surface area contributed by atoms with Gasteiger partial charge in [0, 0.05) is 26.7 Å². The van der Waals surface area contributed by atoms with E-state index in [9.17, 15) is 14.9 Å². The molecule has 1 atom stereocenters. The lowest BCUT2D eigenvalue weighted by Crippen LogP contribution is -2.44. The number of anilines is 1. The first-order valence-corrected chi connectivity index (χ1v) is 6.87. The van der Waals surface area contributed by atoms with Gasteiger partial charge in [0.2, 0.25) is 0 Å². The molecule has 6 nitrogen and oxygen atoms in total. The Morgan fingerprint density at radius 2 is 1.90 bits per heavy atom. The zero-order chi connectivity index (χ0) is 15.0. The minimum absolute atomic E-state index is 0.0575. The molecule has 0 spiro atoms. The molecule has 0 saturated carbocycles. The fraction of sp³-hybridized carbons (Fsp3) is 0.643. The summed E-state index contributed by atoms with van der Waals surface area (Å²) in [5, 5.41) is 9.32. The second-order valence-corrected chi connectivity index (χ2v) is 5.66. The average Bonchev–Trinajstić information content (AvgIpc) is 2.89. The van der Waals surface area contributed by atoms with Crippen LogP contribution in [0.15, 0.2) is 9.59 Å². The van der Waals surface area contributed by atoms with E-state index in [0.29, 0.717) is 11.7 Å². The quantitative estimate of drug-likeness (QED) is 0.792. The van der Waals surface area contributed by atoms with Crippen LogP contribution in [0.1, 0.15) is 32.3 Å². The molecule has 1 aliphatic heterocycles. The molecule has 0 bridgehead atoms. The third-order valence-corrected chi connectivity index (χ3v) is 4.09. The molecule has 1 saturated heterocycles. The van der Waals surface area contributed by atoms with Crippen molar-refractivity contribution in [3.8, 4) is 6.07 Å². The Morgan fingerprint density at radius 1 is 1.25 bits per heavy atom. The Kier molecular flexibility index (Phi) is 3.71. The lowest BCUT2D eigenvalue weighted by atomic mass is 10.0. The fourth-order valence-electron chi connectivity index (χ4n) is 3.02. The van der Waals surface area contributed by atoms with Crippen molar-refractivity contribution in [2.24, 2.45) is 20.0 Å². The predicted octanol–water partition coefficient (Wildman–Crippen LogP) is 0.580. The highest BCUT2D eigenvalue weighted by atomic mass is 16.2. The molecule has 0 aromatic carbocycles. The Hall–Kier alpha value is -2.03. The fourth-order valence-corrected chi connectivity index (χ4v) is 3.02. The van der Waals surface area contributed by atoms with E-state index >= 15 is 0 Å². The van der Waals surface area contributed by atoms with Crippen LogP contribution >= 0.6 is 0 Å². The van der Waals surface area contributed by atoms with Gasteiger partial charge in [-0.1, -0.05) is 13.8 Å². The van der Waals surface area contributed by atoms with E-state index in [1.165, 1.54) is 11.6 Å². The van der Waals surface area contributed by atoms with Crippen LogP contribution in [-0.4, -0.2) is 21.7 Å². The molecular weight excluding hydrogens is 256 g/mol. The van der Waals surface area contributed by atoms with Crippen molar-refractivity contribution in [3.63, 3.8) is 0 Å². The van der Waals surface area contributed by atoms with Crippen LogP contribution in [0.5, 0.6) is 0 Å². The lowest BCUT2D eigenvalue weighted by molar-refractivity contribution is 0.483. The van der Waals surface area contributed by atoms with Gasteiger partial charge in [-0.15, -0.1) is 0 Å². The monoisotopic (exact) mass is 276 g/mol. The normalized spacial score (nSPS) is 18.6. The topological polar surface area (TPSA) is 71.0 Å². The van der Waals surface area contributed by atoms with Gasteiger partial charge < -0.3 is 4.90 Å². The first kappa shape index (κ1) is 14.4. The molecule has 2 heterocycles. The van der Waals surface area contributed by atoms with E-state index in [0.717, 1.165) is 24.0 Å². The largest absolute Gasteiger partial charge is 0.353 e. The third kappa shape index (κ3) is 2.03. The molecule has 20 heavy (non-hydrogen) atoms. The maximum atomic E-state index is 12.1. The van der Waals surface area contributed by atoms with E-state index in [-0.39, 0.29) is 11.6 Å². The predicted molar refractivity (Wildman–Crippen MR) is 76.8 cm³/mol. The molecule has 1 aromatic rings. The second kappa shape index (κ2) is 5.16. The van der Waals surface area contributed by atoms with Crippen molar-refractivity contribution in [1.29, 1.82) is 5.26 Å². The number of aromatic nitrogens is 2. The number of nitriles is 1. The van der Waals surface area contributed by atoms with Gasteiger partial charge in [-0.2, -0.15) is 5.26 Å². The highest BCUT2D eigenvalue weighted by Gasteiger charge is 2.32. The van der Waals surface area contributed by atoms with E-state index in [1.807, 2.05) is 11.0 Å². The Bertz CT molecular complexity index is 678. The summed E-state index contributed by atoms with van der Waals surface area (Å²) in [4.78, 5) is 26.3. The number of nitrogens with zero attached hydrogens (tertiary/aromatic N) is 4. The molecule has 1 aromatic heterocycles. The molecule has 0 radical (unpaired) electrons. The van der Waals surface area contributed by atoms with Gasteiger partial charge in [0.1, 0.15) is 11.9 Å². The molecule has 1 fully saturated rings. The van der Waals surface area contributed by atoms with Crippen LogP contribution in [0.25, 0.3) is 0 Å². The van der Waals surface area contributed by atoms with Crippen molar-refractivity contribution in [2.75, 3.05) is 11.4 Å². The van der Waals surface area contributed by atoms with Crippen molar-refractivity contribution in [2.45, 2.75) is 32.7 Å². The van der Waals surface area contributed by atoms with Crippen LogP contribution in [0, 0.1) is 17.2 Å². The van der Waals surface area contributed by atoms with Gasteiger partial charge in [0.25, 0.3) is 5.56 Å².